The Morgan fingerprint density at radius 1 is 1.05 bits per heavy atom. The van der Waals surface area contributed by atoms with Gasteiger partial charge in [-0.3, -0.25) is 4.79 Å². The van der Waals surface area contributed by atoms with E-state index in [0.717, 1.165) is 39.0 Å². The summed E-state index contributed by atoms with van der Waals surface area (Å²) in [5.41, 5.74) is 0.161. The van der Waals surface area contributed by atoms with Gasteiger partial charge in [-0.25, -0.2) is 0 Å². The van der Waals surface area contributed by atoms with Gasteiger partial charge in [0.25, 0.3) is 0 Å². The minimum absolute atomic E-state index is 0.0869. The molecule has 0 aromatic rings. The first-order valence-electron chi connectivity index (χ1n) is 8.51. The van der Waals surface area contributed by atoms with Crippen LogP contribution in [0.2, 0.25) is 0 Å². The van der Waals surface area contributed by atoms with E-state index in [1.807, 2.05) is 34.7 Å². The maximum Gasteiger partial charge on any atom is 0.306 e. The van der Waals surface area contributed by atoms with Gasteiger partial charge in [-0.2, -0.15) is 0 Å². The lowest BCUT2D eigenvalue weighted by Gasteiger charge is -2.44. The molecule has 2 aliphatic rings. The summed E-state index contributed by atoms with van der Waals surface area (Å²) < 4.78 is 5.20. The summed E-state index contributed by atoms with van der Waals surface area (Å²) in [7, 11) is 5.89. The van der Waals surface area contributed by atoms with Crippen molar-refractivity contribution in [2.24, 2.45) is 5.92 Å². The van der Waals surface area contributed by atoms with E-state index < -0.39 is 5.97 Å². The molecule has 0 spiro atoms. The van der Waals surface area contributed by atoms with Crippen LogP contribution < -0.4 is 0 Å². The molecular formula is C17H38N2O3. The molecule has 0 amide bonds. The van der Waals surface area contributed by atoms with E-state index in [1.54, 1.807) is 7.11 Å². The highest BCUT2D eigenvalue weighted by molar-refractivity contribution is 5.70. The van der Waals surface area contributed by atoms with E-state index in [2.05, 4.69) is 23.8 Å². The van der Waals surface area contributed by atoms with Crippen LogP contribution in [-0.4, -0.2) is 73.9 Å². The van der Waals surface area contributed by atoms with E-state index in [1.165, 1.54) is 0 Å². The summed E-state index contributed by atoms with van der Waals surface area (Å²) >= 11 is 0. The van der Waals surface area contributed by atoms with Crippen LogP contribution in [0.5, 0.6) is 0 Å². The van der Waals surface area contributed by atoms with E-state index >= 15 is 0 Å². The normalized spacial score (nSPS) is 20.9. The molecule has 1 N–H and O–H groups in total. The van der Waals surface area contributed by atoms with Crippen molar-refractivity contribution in [3.63, 3.8) is 0 Å². The minimum atomic E-state index is -0.631. The number of carboxylic acids is 1. The van der Waals surface area contributed by atoms with Crippen LogP contribution in [0.3, 0.4) is 0 Å². The van der Waals surface area contributed by atoms with Crippen molar-refractivity contribution in [2.75, 3.05) is 47.4 Å². The van der Waals surface area contributed by atoms with Crippen molar-refractivity contribution in [1.29, 1.82) is 0 Å². The number of likely N-dealkylation sites (tertiary alicyclic amines) is 2. The molecule has 0 unspecified atom stereocenters. The van der Waals surface area contributed by atoms with Crippen molar-refractivity contribution in [3.05, 3.63) is 0 Å². The fourth-order valence-corrected chi connectivity index (χ4v) is 2.48. The lowest BCUT2D eigenvalue weighted by atomic mass is 9.98. The third-order valence-electron chi connectivity index (χ3n) is 3.77. The van der Waals surface area contributed by atoms with E-state index in [0.29, 0.717) is 0 Å². The molecule has 0 saturated carbocycles. The predicted molar refractivity (Wildman–Crippen MR) is 93.5 cm³/mol. The van der Waals surface area contributed by atoms with Crippen molar-refractivity contribution < 1.29 is 14.6 Å². The van der Waals surface area contributed by atoms with Crippen LogP contribution in [0.4, 0.5) is 0 Å². The SMILES string of the molecule is CC.CC.CN1CCC(C(=O)O)CC1.COC1(C)CN(C)C1. The second-order valence-corrected chi connectivity index (χ2v) is 5.74. The van der Waals surface area contributed by atoms with Gasteiger partial charge >= 0.3 is 5.97 Å². The van der Waals surface area contributed by atoms with Crippen molar-refractivity contribution in [2.45, 2.75) is 53.1 Å². The number of hydrogen-bond acceptors (Lipinski definition) is 4. The quantitative estimate of drug-likeness (QED) is 0.848. The Labute approximate surface area is 137 Å². The Morgan fingerprint density at radius 2 is 1.45 bits per heavy atom. The molecule has 22 heavy (non-hydrogen) atoms. The second-order valence-electron chi connectivity index (χ2n) is 5.74. The number of piperidine rings is 1. The second kappa shape index (κ2) is 12.9. The number of likely N-dealkylation sites (N-methyl/N-ethyl adjacent to an activating group) is 1. The molecule has 0 aromatic heterocycles. The zero-order valence-corrected chi connectivity index (χ0v) is 16.0. The number of carbonyl (C=O) groups is 1. The van der Waals surface area contributed by atoms with Gasteiger partial charge in [0.1, 0.15) is 0 Å². The summed E-state index contributed by atoms with van der Waals surface area (Å²) in [6.07, 6.45) is 1.62. The number of hydrogen-bond donors (Lipinski definition) is 1. The number of methoxy groups -OCH3 is 1. The molecule has 0 aromatic carbocycles. The molecule has 2 fully saturated rings. The zero-order valence-electron chi connectivity index (χ0n) is 16.0. The molecule has 0 radical (unpaired) electrons. The Morgan fingerprint density at radius 3 is 1.68 bits per heavy atom. The Kier molecular flexibility index (Phi) is 13.8. The van der Waals surface area contributed by atoms with Gasteiger partial charge in [0.05, 0.1) is 11.5 Å². The number of aliphatic carboxylic acids is 1. The summed E-state index contributed by atoms with van der Waals surface area (Å²) in [5.74, 6) is -0.718. The lowest BCUT2D eigenvalue weighted by molar-refractivity contribution is -0.143. The van der Waals surface area contributed by atoms with Crippen LogP contribution in [0.1, 0.15) is 47.5 Å². The average Bonchev–Trinajstić information content (AvgIpc) is 2.51. The molecule has 0 aliphatic carbocycles. The summed E-state index contributed by atoms with van der Waals surface area (Å²) in [5, 5.41) is 8.61. The van der Waals surface area contributed by atoms with Gasteiger partial charge in [0, 0.05) is 20.2 Å². The summed E-state index contributed by atoms with van der Waals surface area (Å²) in [4.78, 5) is 14.8. The van der Waals surface area contributed by atoms with Crippen molar-refractivity contribution in [1.82, 2.24) is 9.80 Å². The minimum Gasteiger partial charge on any atom is -0.481 e. The molecule has 2 rings (SSSR count). The zero-order chi connectivity index (χ0) is 17.8. The number of rotatable bonds is 2. The molecule has 0 bridgehead atoms. The molecule has 5 heteroatoms. The van der Waals surface area contributed by atoms with E-state index in [-0.39, 0.29) is 11.5 Å². The molecule has 2 aliphatic heterocycles. The van der Waals surface area contributed by atoms with Gasteiger partial charge in [-0.15, -0.1) is 0 Å². The van der Waals surface area contributed by atoms with Crippen LogP contribution in [0, 0.1) is 5.92 Å². The third kappa shape index (κ3) is 9.38. The summed E-state index contributed by atoms with van der Waals surface area (Å²) in [6, 6.07) is 0. The standard InChI is InChI=1S/C7H13NO2.C6H13NO.2C2H6/c1-8-4-2-6(3-5-8)7(9)10;1-6(8-3)4-7(2)5-6;2*1-2/h6H,2-5H2,1H3,(H,9,10);4-5H2,1-3H3;2*1-2H3. The van der Waals surface area contributed by atoms with Gasteiger partial charge in [-0.1, -0.05) is 27.7 Å². The topological polar surface area (TPSA) is 53.0 Å². The maximum atomic E-state index is 10.4. The smallest absolute Gasteiger partial charge is 0.306 e. The highest BCUT2D eigenvalue weighted by Crippen LogP contribution is 2.20. The monoisotopic (exact) mass is 318 g/mol. The highest BCUT2D eigenvalue weighted by Gasteiger charge is 2.35. The first-order chi connectivity index (χ1) is 10.4. The molecule has 134 valence electrons. The number of nitrogens with zero attached hydrogens (tertiary/aromatic N) is 2. The highest BCUT2D eigenvalue weighted by atomic mass is 16.5. The molecule has 0 atom stereocenters. The van der Waals surface area contributed by atoms with Gasteiger partial charge in [-0.05, 0) is 47.0 Å². The van der Waals surface area contributed by atoms with Crippen LogP contribution in [0.15, 0.2) is 0 Å². The van der Waals surface area contributed by atoms with Crippen molar-refractivity contribution >= 4 is 5.97 Å². The van der Waals surface area contributed by atoms with Gasteiger partial charge in [0.2, 0.25) is 0 Å². The Bertz CT molecular complexity index is 271. The fraction of sp³-hybridized carbons (Fsp3) is 0.941. The Hall–Kier alpha value is -0.650. The van der Waals surface area contributed by atoms with Crippen LogP contribution in [0.25, 0.3) is 0 Å². The van der Waals surface area contributed by atoms with Crippen LogP contribution in [-0.2, 0) is 9.53 Å². The lowest BCUT2D eigenvalue weighted by Crippen LogP contribution is -2.58. The van der Waals surface area contributed by atoms with Gasteiger partial charge in [0.15, 0.2) is 0 Å². The molecule has 5 nitrogen and oxygen atoms in total. The van der Waals surface area contributed by atoms with Crippen LogP contribution >= 0.6 is 0 Å². The first kappa shape index (κ1) is 23.6. The average molecular weight is 319 g/mol. The Balaban J connectivity index is 0. The van der Waals surface area contributed by atoms with Crippen molar-refractivity contribution in [3.8, 4) is 0 Å². The predicted octanol–water partition coefficient (Wildman–Crippen LogP) is 2.80. The fourth-order valence-electron chi connectivity index (χ4n) is 2.48. The molecule has 2 saturated heterocycles. The number of ether oxygens (including phenoxy) is 1. The molecular weight excluding hydrogens is 280 g/mol. The largest absolute Gasteiger partial charge is 0.481 e. The maximum absolute atomic E-state index is 10.4. The first-order valence-corrected chi connectivity index (χ1v) is 8.51. The van der Waals surface area contributed by atoms with E-state index in [4.69, 9.17) is 9.84 Å². The molecule has 2 heterocycles. The number of carboxylic acid groups (broad SMARTS) is 1. The van der Waals surface area contributed by atoms with E-state index in [9.17, 15) is 4.79 Å². The summed E-state index contributed by atoms with van der Waals surface area (Å²) in [6.45, 7) is 14.1. The van der Waals surface area contributed by atoms with Gasteiger partial charge < -0.3 is 19.6 Å². The third-order valence-corrected chi connectivity index (χ3v) is 3.77.